The fourth-order valence-electron chi connectivity index (χ4n) is 1.88. The Morgan fingerprint density at radius 2 is 2.26 bits per heavy atom. The first-order valence-corrected chi connectivity index (χ1v) is 6.34. The fourth-order valence-corrected chi connectivity index (χ4v) is 1.88. The van der Waals surface area contributed by atoms with E-state index in [2.05, 4.69) is 9.97 Å². The molecule has 5 heteroatoms. The molecule has 0 atom stereocenters. The van der Waals surface area contributed by atoms with Crippen molar-refractivity contribution in [1.82, 2.24) is 19.4 Å². The van der Waals surface area contributed by atoms with Crippen molar-refractivity contribution in [2.24, 2.45) is 0 Å². The van der Waals surface area contributed by atoms with Crippen molar-refractivity contribution in [3.8, 4) is 0 Å². The molecule has 5 nitrogen and oxygen atoms in total. The van der Waals surface area contributed by atoms with E-state index in [1.165, 1.54) is 0 Å². The largest absolute Gasteiger partial charge is 0.341 e. The Bertz CT molecular complexity index is 495. The molecule has 1 amide bonds. The first-order valence-electron chi connectivity index (χ1n) is 6.34. The number of carbonyl (C=O) groups is 1. The van der Waals surface area contributed by atoms with E-state index in [-0.39, 0.29) is 5.91 Å². The molecule has 0 radical (unpaired) electrons. The Balaban J connectivity index is 1.73. The van der Waals surface area contributed by atoms with Gasteiger partial charge in [-0.2, -0.15) is 0 Å². The Morgan fingerprint density at radius 1 is 1.37 bits per heavy atom. The molecule has 0 aliphatic rings. The van der Waals surface area contributed by atoms with E-state index in [0.717, 1.165) is 18.5 Å². The van der Waals surface area contributed by atoms with Gasteiger partial charge in [0.25, 0.3) is 0 Å². The minimum absolute atomic E-state index is 0.156. The molecule has 2 aromatic heterocycles. The van der Waals surface area contributed by atoms with Crippen molar-refractivity contribution >= 4 is 5.91 Å². The molecule has 0 bridgehead atoms. The molecule has 0 unspecified atom stereocenters. The second-order valence-corrected chi connectivity index (χ2v) is 4.52. The predicted molar refractivity (Wildman–Crippen MR) is 72.2 cm³/mol. The molecule has 100 valence electrons. The Labute approximate surface area is 112 Å². The van der Waals surface area contributed by atoms with Gasteiger partial charge in [0.1, 0.15) is 0 Å². The van der Waals surface area contributed by atoms with Crippen LogP contribution in [0.5, 0.6) is 0 Å². The summed E-state index contributed by atoms with van der Waals surface area (Å²) in [6.45, 7) is 1.43. The summed E-state index contributed by atoms with van der Waals surface area (Å²) in [6.07, 6.45) is 10.3. The monoisotopic (exact) mass is 258 g/mol. The van der Waals surface area contributed by atoms with Gasteiger partial charge < -0.3 is 9.47 Å². The zero-order valence-corrected chi connectivity index (χ0v) is 11.1. The zero-order chi connectivity index (χ0) is 13.5. The average Bonchev–Trinajstić information content (AvgIpc) is 2.93. The molecule has 0 spiro atoms. The van der Waals surface area contributed by atoms with Gasteiger partial charge in [-0.05, 0) is 18.1 Å². The van der Waals surface area contributed by atoms with Crippen molar-refractivity contribution in [1.29, 1.82) is 0 Å². The summed E-state index contributed by atoms with van der Waals surface area (Å²) in [5, 5.41) is 0. The third-order valence-corrected chi connectivity index (χ3v) is 2.93. The van der Waals surface area contributed by atoms with E-state index in [4.69, 9.17) is 0 Å². The second-order valence-electron chi connectivity index (χ2n) is 4.52. The summed E-state index contributed by atoms with van der Waals surface area (Å²) in [4.78, 5) is 21.7. The van der Waals surface area contributed by atoms with Crippen LogP contribution in [0.1, 0.15) is 18.4 Å². The fraction of sp³-hybridized carbons (Fsp3) is 0.357. The van der Waals surface area contributed by atoms with Gasteiger partial charge in [-0.1, -0.05) is 6.07 Å². The summed E-state index contributed by atoms with van der Waals surface area (Å²) in [6, 6.07) is 3.86. The molecule has 0 N–H and O–H groups in total. The van der Waals surface area contributed by atoms with Crippen molar-refractivity contribution in [2.75, 3.05) is 7.05 Å². The van der Waals surface area contributed by atoms with Gasteiger partial charge >= 0.3 is 0 Å². The van der Waals surface area contributed by atoms with Gasteiger partial charge in [0.15, 0.2) is 0 Å². The maximum absolute atomic E-state index is 12.0. The molecule has 2 heterocycles. The lowest BCUT2D eigenvalue weighted by Gasteiger charge is -2.17. The van der Waals surface area contributed by atoms with E-state index in [0.29, 0.717) is 13.0 Å². The highest BCUT2D eigenvalue weighted by Gasteiger charge is 2.08. The van der Waals surface area contributed by atoms with Crippen LogP contribution < -0.4 is 0 Å². The van der Waals surface area contributed by atoms with Crippen LogP contribution >= 0.6 is 0 Å². The van der Waals surface area contributed by atoms with Crippen molar-refractivity contribution in [2.45, 2.75) is 25.9 Å². The maximum atomic E-state index is 12.0. The molecule has 0 fully saturated rings. The van der Waals surface area contributed by atoms with E-state index in [1.54, 1.807) is 29.8 Å². The first-order chi connectivity index (χ1) is 9.25. The van der Waals surface area contributed by atoms with Gasteiger partial charge in [0.05, 0.1) is 6.33 Å². The van der Waals surface area contributed by atoms with Gasteiger partial charge in [-0.15, -0.1) is 0 Å². The highest BCUT2D eigenvalue weighted by Crippen LogP contribution is 2.04. The lowest BCUT2D eigenvalue weighted by molar-refractivity contribution is -0.130. The molecular weight excluding hydrogens is 240 g/mol. The number of hydrogen-bond donors (Lipinski definition) is 0. The van der Waals surface area contributed by atoms with E-state index < -0.39 is 0 Å². The number of carbonyl (C=O) groups excluding carboxylic acids is 1. The van der Waals surface area contributed by atoms with Crippen LogP contribution in [0, 0.1) is 0 Å². The van der Waals surface area contributed by atoms with Crippen molar-refractivity contribution in [3.63, 3.8) is 0 Å². The minimum atomic E-state index is 0.156. The molecule has 0 saturated heterocycles. The van der Waals surface area contributed by atoms with E-state index in [1.807, 2.05) is 29.9 Å². The standard InChI is InChI=1S/C14H18N4O/c1-17(11-13-4-2-6-15-10-13)14(19)5-3-8-18-9-7-16-12-18/h2,4,6-7,9-10,12H,3,5,8,11H2,1H3. The molecule has 0 aliphatic heterocycles. The van der Waals surface area contributed by atoms with Crippen LogP contribution in [0.4, 0.5) is 0 Å². The van der Waals surface area contributed by atoms with Crippen LogP contribution in [0.2, 0.25) is 0 Å². The summed E-state index contributed by atoms with van der Waals surface area (Å²) in [7, 11) is 1.83. The maximum Gasteiger partial charge on any atom is 0.222 e. The Morgan fingerprint density at radius 3 is 2.95 bits per heavy atom. The molecule has 19 heavy (non-hydrogen) atoms. The quantitative estimate of drug-likeness (QED) is 0.792. The normalized spacial score (nSPS) is 10.4. The SMILES string of the molecule is CN(Cc1cccnc1)C(=O)CCCn1ccnc1. The van der Waals surface area contributed by atoms with Crippen LogP contribution in [-0.2, 0) is 17.9 Å². The number of rotatable bonds is 6. The average molecular weight is 258 g/mol. The van der Waals surface area contributed by atoms with Crippen molar-refractivity contribution in [3.05, 3.63) is 48.8 Å². The Kier molecular flexibility index (Phi) is 4.66. The van der Waals surface area contributed by atoms with Gasteiger partial charge in [0.2, 0.25) is 5.91 Å². The summed E-state index contributed by atoms with van der Waals surface area (Å²) in [5.74, 6) is 0.156. The molecule has 0 aliphatic carbocycles. The molecule has 2 rings (SSSR count). The molecule has 0 saturated carbocycles. The van der Waals surface area contributed by atoms with Crippen LogP contribution in [0.3, 0.4) is 0 Å². The highest BCUT2D eigenvalue weighted by atomic mass is 16.2. The van der Waals surface area contributed by atoms with E-state index >= 15 is 0 Å². The van der Waals surface area contributed by atoms with Gasteiger partial charge in [-0.3, -0.25) is 9.78 Å². The van der Waals surface area contributed by atoms with Gasteiger partial charge in [-0.25, -0.2) is 4.98 Å². The first kappa shape index (κ1) is 13.3. The van der Waals surface area contributed by atoms with E-state index in [9.17, 15) is 4.79 Å². The molecule has 2 aromatic rings. The highest BCUT2D eigenvalue weighted by molar-refractivity contribution is 5.75. The Hall–Kier alpha value is -2.17. The summed E-state index contributed by atoms with van der Waals surface area (Å²) >= 11 is 0. The number of nitrogens with zero attached hydrogens (tertiary/aromatic N) is 4. The van der Waals surface area contributed by atoms with Crippen LogP contribution in [0.15, 0.2) is 43.2 Å². The number of pyridine rings is 1. The topological polar surface area (TPSA) is 51.0 Å². The van der Waals surface area contributed by atoms with Crippen LogP contribution in [0.25, 0.3) is 0 Å². The third-order valence-electron chi connectivity index (χ3n) is 2.93. The molecular formula is C14H18N4O. The molecule has 0 aromatic carbocycles. The number of imidazole rings is 1. The predicted octanol–water partition coefficient (Wildman–Crippen LogP) is 1.72. The van der Waals surface area contributed by atoms with Crippen molar-refractivity contribution < 1.29 is 4.79 Å². The minimum Gasteiger partial charge on any atom is -0.341 e. The third kappa shape index (κ3) is 4.21. The summed E-state index contributed by atoms with van der Waals surface area (Å²) in [5.41, 5.74) is 1.05. The number of amides is 1. The number of aromatic nitrogens is 3. The lowest BCUT2D eigenvalue weighted by Crippen LogP contribution is -2.26. The number of hydrogen-bond acceptors (Lipinski definition) is 3. The lowest BCUT2D eigenvalue weighted by atomic mass is 10.2. The summed E-state index contributed by atoms with van der Waals surface area (Å²) < 4.78 is 1.98. The second kappa shape index (κ2) is 6.68. The van der Waals surface area contributed by atoms with Gasteiger partial charge in [0, 0.05) is 51.3 Å². The zero-order valence-electron chi connectivity index (χ0n) is 11.1. The number of aryl methyl sites for hydroxylation is 1. The smallest absolute Gasteiger partial charge is 0.222 e. The van der Waals surface area contributed by atoms with Crippen LogP contribution in [-0.4, -0.2) is 32.4 Å².